The monoisotopic (exact) mass is 262 g/mol. The van der Waals surface area contributed by atoms with E-state index in [1.807, 2.05) is 0 Å². The Balaban J connectivity index is 1.82. The third-order valence-electron chi connectivity index (χ3n) is 3.47. The summed E-state index contributed by atoms with van der Waals surface area (Å²) in [4.78, 5) is 22.6. The van der Waals surface area contributed by atoms with Crippen molar-refractivity contribution < 1.29 is 14.7 Å². The molecule has 0 bridgehead atoms. The van der Waals surface area contributed by atoms with Gasteiger partial charge in [-0.1, -0.05) is 31.4 Å². The fourth-order valence-corrected chi connectivity index (χ4v) is 2.12. The Kier molecular flexibility index (Phi) is 4.39. The molecule has 1 fully saturated rings. The predicted molar refractivity (Wildman–Crippen MR) is 72.4 cm³/mol. The molecular weight excluding hydrogens is 244 g/mol. The Morgan fingerprint density at radius 3 is 2.63 bits per heavy atom. The maximum absolute atomic E-state index is 11.7. The lowest BCUT2D eigenvalue weighted by Gasteiger charge is -2.25. The maximum atomic E-state index is 11.7. The zero-order valence-electron chi connectivity index (χ0n) is 10.7. The van der Waals surface area contributed by atoms with Gasteiger partial charge >= 0.3 is 12.0 Å². The number of carbonyl (C=O) groups is 2. The molecule has 0 heterocycles. The Labute approximate surface area is 112 Å². The van der Waals surface area contributed by atoms with Crippen molar-refractivity contribution in [2.24, 2.45) is 5.92 Å². The van der Waals surface area contributed by atoms with Crippen LogP contribution in [0.25, 0.3) is 0 Å². The molecule has 5 heteroatoms. The summed E-state index contributed by atoms with van der Waals surface area (Å²) in [5, 5.41) is 14.3. The van der Waals surface area contributed by atoms with E-state index in [9.17, 15) is 9.59 Å². The molecular formula is C14H18N2O3. The molecule has 5 nitrogen and oxygen atoms in total. The smallest absolute Gasteiger partial charge is 0.337 e. The number of nitrogens with one attached hydrogen (secondary N) is 2. The minimum Gasteiger partial charge on any atom is -0.478 e. The number of aromatic carboxylic acids is 1. The van der Waals surface area contributed by atoms with Crippen LogP contribution in [-0.2, 0) is 0 Å². The van der Waals surface area contributed by atoms with Gasteiger partial charge in [-0.3, -0.25) is 0 Å². The average molecular weight is 262 g/mol. The summed E-state index contributed by atoms with van der Waals surface area (Å²) in [6, 6.07) is 6.01. The van der Waals surface area contributed by atoms with Crippen LogP contribution >= 0.6 is 0 Å². The number of para-hydroxylation sites is 1. The lowest BCUT2D eigenvalue weighted by Crippen LogP contribution is -2.31. The molecule has 1 aliphatic rings. The Morgan fingerprint density at radius 2 is 2.00 bits per heavy atom. The molecule has 0 radical (unpaired) electrons. The maximum Gasteiger partial charge on any atom is 0.337 e. The molecule has 2 amide bonds. The number of amides is 2. The van der Waals surface area contributed by atoms with Gasteiger partial charge in [0.2, 0.25) is 0 Å². The quantitative estimate of drug-likeness (QED) is 0.763. The second kappa shape index (κ2) is 6.22. The highest BCUT2D eigenvalue weighted by atomic mass is 16.4. The molecule has 0 aromatic heterocycles. The van der Waals surface area contributed by atoms with Crippen LogP contribution in [-0.4, -0.2) is 23.7 Å². The molecule has 1 aromatic rings. The van der Waals surface area contributed by atoms with Gasteiger partial charge in [-0.25, -0.2) is 9.59 Å². The van der Waals surface area contributed by atoms with Gasteiger partial charge in [0, 0.05) is 6.54 Å². The van der Waals surface area contributed by atoms with Gasteiger partial charge in [-0.2, -0.15) is 0 Å². The van der Waals surface area contributed by atoms with Crippen molar-refractivity contribution in [3.05, 3.63) is 29.8 Å². The summed E-state index contributed by atoms with van der Waals surface area (Å²) in [5.74, 6) is -0.308. The van der Waals surface area contributed by atoms with Crippen molar-refractivity contribution >= 4 is 17.7 Å². The van der Waals surface area contributed by atoms with Gasteiger partial charge in [-0.15, -0.1) is 0 Å². The van der Waals surface area contributed by atoms with Crippen LogP contribution in [0, 0.1) is 5.92 Å². The number of carboxylic acid groups (broad SMARTS) is 1. The number of hydrogen-bond acceptors (Lipinski definition) is 2. The number of benzene rings is 1. The van der Waals surface area contributed by atoms with Crippen LogP contribution in [0.4, 0.5) is 10.5 Å². The fraction of sp³-hybridized carbons (Fsp3) is 0.429. The van der Waals surface area contributed by atoms with Gasteiger partial charge in [-0.05, 0) is 24.5 Å². The first-order chi connectivity index (χ1) is 9.16. The molecule has 0 spiro atoms. The third-order valence-corrected chi connectivity index (χ3v) is 3.47. The van der Waals surface area contributed by atoms with E-state index in [1.54, 1.807) is 18.2 Å². The number of urea groups is 1. The largest absolute Gasteiger partial charge is 0.478 e. The highest BCUT2D eigenvalue weighted by Crippen LogP contribution is 2.28. The highest BCUT2D eigenvalue weighted by molar-refractivity contribution is 5.99. The van der Waals surface area contributed by atoms with E-state index < -0.39 is 5.97 Å². The van der Waals surface area contributed by atoms with Crippen molar-refractivity contribution in [3.63, 3.8) is 0 Å². The Hall–Kier alpha value is -2.04. The first-order valence-electron chi connectivity index (χ1n) is 6.54. The summed E-state index contributed by atoms with van der Waals surface area (Å²) in [6.07, 6.45) is 4.80. The van der Waals surface area contributed by atoms with Crippen LogP contribution < -0.4 is 10.6 Å². The Bertz CT molecular complexity index is 470. The highest BCUT2D eigenvalue weighted by Gasteiger charge is 2.17. The second-order valence-electron chi connectivity index (χ2n) is 4.82. The van der Waals surface area contributed by atoms with Crippen LogP contribution in [0.1, 0.15) is 36.0 Å². The van der Waals surface area contributed by atoms with Crippen molar-refractivity contribution in [2.75, 3.05) is 11.9 Å². The van der Waals surface area contributed by atoms with Gasteiger partial charge in [0.15, 0.2) is 0 Å². The van der Waals surface area contributed by atoms with Gasteiger partial charge in [0.1, 0.15) is 0 Å². The van der Waals surface area contributed by atoms with Crippen molar-refractivity contribution in [1.82, 2.24) is 5.32 Å². The van der Waals surface area contributed by atoms with Gasteiger partial charge in [0.05, 0.1) is 11.3 Å². The molecule has 0 atom stereocenters. The molecule has 0 unspecified atom stereocenters. The minimum atomic E-state index is -1.05. The average Bonchev–Trinajstić information content (AvgIpc) is 2.32. The number of anilines is 1. The van der Waals surface area contributed by atoms with Crippen LogP contribution in [0.5, 0.6) is 0 Å². The van der Waals surface area contributed by atoms with E-state index in [0.29, 0.717) is 12.2 Å². The molecule has 19 heavy (non-hydrogen) atoms. The standard InChI is InChI=1S/C14H18N2O3/c17-13(18)11-6-1-2-7-12(11)16-14(19)15-9-8-10-4-3-5-10/h1-2,6-7,10H,3-5,8-9H2,(H,17,18)(H2,15,16,19). The van der Waals surface area contributed by atoms with Crippen molar-refractivity contribution in [1.29, 1.82) is 0 Å². The molecule has 102 valence electrons. The van der Waals surface area contributed by atoms with Gasteiger partial charge < -0.3 is 15.7 Å². The SMILES string of the molecule is O=C(NCCC1CCC1)Nc1ccccc1C(=O)O. The molecule has 1 aliphatic carbocycles. The first kappa shape index (κ1) is 13.4. The number of carbonyl (C=O) groups excluding carboxylic acids is 1. The molecule has 2 rings (SSSR count). The van der Waals surface area contributed by atoms with Gasteiger partial charge in [0.25, 0.3) is 0 Å². The zero-order valence-corrected chi connectivity index (χ0v) is 10.7. The molecule has 3 N–H and O–H groups in total. The zero-order chi connectivity index (χ0) is 13.7. The van der Waals surface area contributed by atoms with Crippen LogP contribution in [0.3, 0.4) is 0 Å². The summed E-state index contributed by atoms with van der Waals surface area (Å²) in [6.45, 7) is 0.631. The minimum absolute atomic E-state index is 0.0941. The normalized spacial score (nSPS) is 14.5. The molecule has 0 saturated heterocycles. The van der Waals surface area contributed by atoms with E-state index >= 15 is 0 Å². The Morgan fingerprint density at radius 1 is 1.26 bits per heavy atom. The summed E-state index contributed by atoms with van der Waals surface area (Å²) in [7, 11) is 0. The van der Waals surface area contributed by atoms with E-state index in [1.165, 1.54) is 25.3 Å². The molecule has 1 aromatic carbocycles. The van der Waals surface area contributed by atoms with Crippen molar-refractivity contribution in [2.45, 2.75) is 25.7 Å². The van der Waals surface area contributed by atoms with E-state index in [-0.39, 0.29) is 11.6 Å². The second-order valence-corrected chi connectivity index (χ2v) is 4.82. The lowest BCUT2D eigenvalue weighted by molar-refractivity contribution is 0.0698. The number of carboxylic acids is 1. The topological polar surface area (TPSA) is 78.4 Å². The summed E-state index contributed by atoms with van der Waals surface area (Å²) >= 11 is 0. The van der Waals surface area contributed by atoms with Crippen LogP contribution in [0.2, 0.25) is 0 Å². The van der Waals surface area contributed by atoms with E-state index in [2.05, 4.69) is 10.6 Å². The summed E-state index contributed by atoms with van der Waals surface area (Å²) < 4.78 is 0. The molecule has 1 saturated carbocycles. The third kappa shape index (κ3) is 3.71. The number of hydrogen-bond donors (Lipinski definition) is 3. The number of rotatable bonds is 5. The van der Waals surface area contributed by atoms with Crippen LogP contribution in [0.15, 0.2) is 24.3 Å². The van der Waals surface area contributed by atoms with E-state index in [0.717, 1.165) is 12.3 Å². The molecule has 0 aliphatic heterocycles. The summed E-state index contributed by atoms with van der Waals surface area (Å²) in [5.41, 5.74) is 0.410. The van der Waals surface area contributed by atoms with Crippen molar-refractivity contribution in [3.8, 4) is 0 Å². The lowest BCUT2D eigenvalue weighted by atomic mass is 9.83. The first-order valence-corrected chi connectivity index (χ1v) is 6.54. The predicted octanol–water partition coefficient (Wildman–Crippen LogP) is 2.70. The fourth-order valence-electron chi connectivity index (χ4n) is 2.12. The van der Waals surface area contributed by atoms with E-state index in [4.69, 9.17) is 5.11 Å².